The fourth-order valence-corrected chi connectivity index (χ4v) is 3.16. The Hall–Kier alpha value is -1.92. The molecule has 0 saturated carbocycles. The minimum absolute atomic E-state index is 0. The Kier molecular flexibility index (Phi) is 5.62. The van der Waals surface area contributed by atoms with Gasteiger partial charge in [-0.1, -0.05) is 18.2 Å². The first-order valence-electron chi connectivity index (χ1n) is 7.97. The lowest BCUT2D eigenvalue weighted by Crippen LogP contribution is -2.57. The Balaban J connectivity index is 0.00000208. The summed E-state index contributed by atoms with van der Waals surface area (Å²) >= 11 is 0. The second-order valence-corrected chi connectivity index (χ2v) is 6.17. The Morgan fingerprint density at radius 2 is 1.96 bits per heavy atom. The van der Waals surface area contributed by atoms with Gasteiger partial charge in [0.15, 0.2) is 0 Å². The van der Waals surface area contributed by atoms with Crippen LogP contribution in [0, 0.1) is 0 Å². The van der Waals surface area contributed by atoms with Crippen molar-refractivity contribution in [2.24, 2.45) is 7.05 Å². The first kappa shape index (κ1) is 18.4. The number of halogens is 1. The zero-order valence-electron chi connectivity index (χ0n) is 14.2. The van der Waals surface area contributed by atoms with E-state index < -0.39 is 0 Å². The van der Waals surface area contributed by atoms with Crippen LogP contribution in [-0.4, -0.2) is 45.8 Å². The van der Waals surface area contributed by atoms with E-state index in [1.165, 1.54) is 4.68 Å². The van der Waals surface area contributed by atoms with Crippen molar-refractivity contribution in [2.75, 3.05) is 13.1 Å². The molecule has 0 spiro atoms. The Bertz CT molecular complexity index is 805. The smallest absolute Gasteiger partial charge is 0.274 e. The number of aromatic nitrogens is 2. The number of hydrogen-bond acceptors (Lipinski definition) is 4. The molecule has 1 N–H and O–H groups in total. The molecule has 1 fully saturated rings. The summed E-state index contributed by atoms with van der Waals surface area (Å²) in [4.78, 5) is 26.8. The number of piperazine rings is 1. The Labute approximate surface area is 147 Å². The lowest BCUT2D eigenvalue weighted by atomic mass is 10.0. The number of carbonyl (C=O) groups excluding carboxylic acids is 1. The summed E-state index contributed by atoms with van der Waals surface area (Å²) in [6.45, 7) is 5.65. The van der Waals surface area contributed by atoms with Crippen molar-refractivity contribution in [3.63, 3.8) is 0 Å². The quantitative estimate of drug-likeness (QED) is 0.881. The summed E-state index contributed by atoms with van der Waals surface area (Å²) in [6.07, 6.45) is 0.214. The molecule has 3 rings (SSSR count). The zero-order chi connectivity index (χ0) is 16.6. The maximum atomic E-state index is 12.7. The van der Waals surface area contributed by atoms with Crippen LogP contribution in [-0.2, 0) is 18.3 Å². The highest BCUT2D eigenvalue weighted by Crippen LogP contribution is 2.16. The fourth-order valence-electron chi connectivity index (χ4n) is 3.16. The van der Waals surface area contributed by atoms with Gasteiger partial charge in [0.1, 0.15) is 0 Å². The summed E-state index contributed by atoms with van der Waals surface area (Å²) in [7, 11) is 1.62. The molecule has 1 aliphatic heterocycles. The number of carbonyl (C=O) groups is 1. The zero-order valence-corrected chi connectivity index (χ0v) is 15.0. The lowest BCUT2D eigenvalue weighted by molar-refractivity contribution is -0.134. The van der Waals surface area contributed by atoms with Crippen LogP contribution in [0.5, 0.6) is 0 Å². The second-order valence-electron chi connectivity index (χ2n) is 6.17. The Morgan fingerprint density at radius 1 is 1.29 bits per heavy atom. The van der Waals surface area contributed by atoms with Crippen LogP contribution in [0.2, 0.25) is 0 Å². The van der Waals surface area contributed by atoms with Crippen molar-refractivity contribution < 1.29 is 4.79 Å². The average Bonchev–Trinajstić information content (AvgIpc) is 2.55. The van der Waals surface area contributed by atoms with Crippen LogP contribution in [0.25, 0.3) is 10.8 Å². The van der Waals surface area contributed by atoms with Gasteiger partial charge < -0.3 is 10.2 Å². The van der Waals surface area contributed by atoms with E-state index in [2.05, 4.69) is 24.3 Å². The number of benzene rings is 1. The van der Waals surface area contributed by atoms with Crippen LogP contribution in [0.4, 0.5) is 0 Å². The molecule has 1 amide bonds. The minimum atomic E-state index is -0.138. The van der Waals surface area contributed by atoms with E-state index in [1.54, 1.807) is 13.1 Å². The van der Waals surface area contributed by atoms with Crippen molar-refractivity contribution in [2.45, 2.75) is 32.4 Å². The maximum Gasteiger partial charge on any atom is 0.274 e. The third kappa shape index (κ3) is 3.30. The van der Waals surface area contributed by atoms with Crippen molar-refractivity contribution in [1.29, 1.82) is 0 Å². The molecule has 2 heterocycles. The van der Waals surface area contributed by atoms with E-state index >= 15 is 0 Å². The Morgan fingerprint density at radius 3 is 2.67 bits per heavy atom. The molecule has 0 aliphatic carbocycles. The molecule has 2 aromatic rings. The van der Waals surface area contributed by atoms with Gasteiger partial charge in [0.25, 0.3) is 5.56 Å². The van der Waals surface area contributed by atoms with Crippen LogP contribution in [0.15, 0.2) is 29.1 Å². The molecule has 2 atom stereocenters. The summed E-state index contributed by atoms with van der Waals surface area (Å²) in [5, 5.41) is 9.06. The van der Waals surface area contributed by atoms with Gasteiger partial charge in [-0.3, -0.25) is 9.59 Å². The first-order chi connectivity index (χ1) is 11.0. The van der Waals surface area contributed by atoms with E-state index in [4.69, 9.17) is 0 Å². The van der Waals surface area contributed by atoms with Crippen molar-refractivity contribution in [3.8, 4) is 0 Å². The molecule has 2 unspecified atom stereocenters. The van der Waals surface area contributed by atoms with Crippen molar-refractivity contribution in [1.82, 2.24) is 20.0 Å². The summed E-state index contributed by atoms with van der Waals surface area (Å²) in [5.74, 6) is 0.0575. The third-order valence-corrected chi connectivity index (χ3v) is 4.71. The molecule has 24 heavy (non-hydrogen) atoms. The normalized spacial score (nSPS) is 20.7. The predicted molar refractivity (Wildman–Crippen MR) is 96.6 cm³/mol. The summed E-state index contributed by atoms with van der Waals surface area (Å²) < 4.78 is 1.31. The van der Waals surface area contributed by atoms with E-state index in [-0.39, 0.29) is 42.4 Å². The van der Waals surface area contributed by atoms with Gasteiger partial charge in [0, 0.05) is 37.6 Å². The largest absolute Gasteiger partial charge is 0.337 e. The highest BCUT2D eigenvalue weighted by atomic mass is 35.5. The van der Waals surface area contributed by atoms with E-state index in [9.17, 15) is 9.59 Å². The summed E-state index contributed by atoms with van der Waals surface area (Å²) in [5.41, 5.74) is 0.520. The molecule has 0 bridgehead atoms. The predicted octanol–water partition coefficient (Wildman–Crippen LogP) is 1.11. The molecule has 6 nitrogen and oxygen atoms in total. The van der Waals surface area contributed by atoms with Gasteiger partial charge in [-0.05, 0) is 19.9 Å². The van der Waals surface area contributed by atoms with Gasteiger partial charge >= 0.3 is 0 Å². The SMILES string of the molecule is CC1NCCN(C(=O)Cc2nn(C)c(=O)c3ccccc23)C1C.Cl. The molecule has 1 saturated heterocycles. The molecule has 130 valence electrons. The average molecular weight is 351 g/mol. The standard InChI is InChI=1S/C17H22N4O2.ClH/c1-11-12(2)21(9-8-18-11)16(22)10-15-13-6-4-5-7-14(13)17(23)20(3)19-15;/h4-7,11-12,18H,8-10H2,1-3H3;1H. The van der Waals surface area contributed by atoms with E-state index in [1.807, 2.05) is 23.1 Å². The molecular formula is C17H23ClN4O2. The molecule has 1 aromatic heterocycles. The number of nitrogens with zero attached hydrogens (tertiary/aromatic N) is 3. The molecule has 1 aromatic carbocycles. The van der Waals surface area contributed by atoms with Crippen molar-refractivity contribution in [3.05, 3.63) is 40.3 Å². The highest BCUT2D eigenvalue weighted by Gasteiger charge is 2.28. The maximum absolute atomic E-state index is 12.7. The minimum Gasteiger partial charge on any atom is -0.337 e. The molecule has 0 radical (unpaired) electrons. The van der Waals surface area contributed by atoms with Crippen LogP contribution >= 0.6 is 12.4 Å². The number of rotatable bonds is 2. The fraction of sp³-hybridized carbons (Fsp3) is 0.471. The van der Waals surface area contributed by atoms with Crippen LogP contribution in [0.1, 0.15) is 19.5 Å². The molecular weight excluding hydrogens is 328 g/mol. The van der Waals surface area contributed by atoms with Gasteiger partial charge in [0.2, 0.25) is 5.91 Å². The third-order valence-electron chi connectivity index (χ3n) is 4.71. The summed E-state index contributed by atoms with van der Waals surface area (Å²) in [6, 6.07) is 7.76. The number of nitrogens with one attached hydrogen (secondary N) is 1. The number of hydrogen-bond donors (Lipinski definition) is 1. The molecule has 1 aliphatic rings. The van der Waals surface area contributed by atoms with Gasteiger partial charge in [-0.2, -0.15) is 5.10 Å². The van der Waals surface area contributed by atoms with Gasteiger partial charge in [-0.15, -0.1) is 12.4 Å². The topological polar surface area (TPSA) is 67.2 Å². The van der Waals surface area contributed by atoms with Crippen LogP contribution in [0.3, 0.4) is 0 Å². The second kappa shape index (κ2) is 7.32. The number of fused-ring (bicyclic) bond motifs is 1. The van der Waals surface area contributed by atoms with E-state index in [0.29, 0.717) is 17.6 Å². The number of amides is 1. The van der Waals surface area contributed by atoms with Gasteiger partial charge in [-0.25, -0.2) is 4.68 Å². The monoisotopic (exact) mass is 350 g/mol. The van der Waals surface area contributed by atoms with Crippen molar-refractivity contribution >= 4 is 29.1 Å². The number of aryl methyl sites for hydroxylation is 1. The highest BCUT2D eigenvalue weighted by molar-refractivity contribution is 5.88. The first-order valence-corrected chi connectivity index (χ1v) is 7.97. The van der Waals surface area contributed by atoms with E-state index in [0.717, 1.165) is 11.9 Å². The van der Waals surface area contributed by atoms with Gasteiger partial charge in [0.05, 0.1) is 17.5 Å². The molecule has 7 heteroatoms. The van der Waals surface area contributed by atoms with Crippen LogP contribution < -0.4 is 10.9 Å². The lowest BCUT2D eigenvalue weighted by Gasteiger charge is -2.38.